The van der Waals surface area contributed by atoms with E-state index in [1.54, 1.807) is 0 Å². The van der Waals surface area contributed by atoms with E-state index in [0.29, 0.717) is 5.41 Å². The zero-order valence-electron chi connectivity index (χ0n) is 9.84. The van der Waals surface area contributed by atoms with Gasteiger partial charge in [0.2, 0.25) is 0 Å². The fourth-order valence-corrected chi connectivity index (χ4v) is 2.41. The average Bonchev–Trinajstić information content (AvgIpc) is 2.66. The molecule has 1 heterocycles. The van der Waals surface area contributed by atoms with Crippen molar-refractivity contribution < 1.29 is 0 Å². The fraction of sp³-hybridized carbons (Fsp3) is 0.571. The molecule has 1 aromatic rings. The van der Waals surface area contributed by atoms with E-state index in [-0.39, 0.29) is 0 Å². The Labute approximate surface area is 92.9 Å². The van der Waals surface area contributed by atoms with Gasteiger partial charge in [-0.25, -0.2) is 0 Å². The van der Waals surface area contributed by atoms with Crippen molar-refractivity contribution in [3.05, 3.63) is 35.4 Å². The van der Waals surface area contributed by atoms with Gasteiger partial charge in [0, 0.05) is 6.54 Å². The zero-order valence-corrected chi connectivity index (χ0v) is 9.84. The van der Waals surface area contributed by atoms with Crippen LogP contribution in [0.15, 0.2) is 24.3 Å². The average molecular weight is 203 g/mol. The summed E-state index contributed by atoms with van der Waals surface area (Å²) in [6.07, 6.45) is 3.66. The second kappa shape index (κ2) is 4.36. The second-order valence-electron chi connectivity index (χ2n) is 5.08. The van der Waals surface area contributed by atoms with Crippen LogP contribution in [-0.4, -0.2) is 13.1 Å². The number of rotatable bonds is 3. The van der Waals surface area contributed by atoms with E-state index in [1.807, 2.05) is 0 Å². The molecule has 1 aliphatic heterocycles. The Morgan fingerprint density at radius 2 is 1.87 bits per heavy atom. The highest BCUT2D eigenvalue weighted by Gasteiger charge is 2.28. The Hall–Kier alpha value is -0.820. The molecule has 1 unspecified atom stereocenters. The molecule has 1 fully saturated rings. The molecule has 1 heteroatoms. The van der Waals surface area contributed by atoms with Crippen LogP contribution < -0.4 is 5.32 Å². The summed E-state index contributed by atoms with van der Waals surface area (Å²) < 4.78 is 0. The molecule has 1 N–H and O–H groups in total. The molecule has 1 nitrogen and oxygen atoms in total. The predicted molar refractivity (Wildman–Crippen MR) is 65.1 cm³/mol. The van der Waals surface area contributed by atoms with Gasteiger partial charge in [-0.2, -0.15) is 0 Å². The van der Waals surface area contributed by atoms with E-state index in [0.717, 1.165) is 6.42 Å². The molecule has 0 radical (unpaired) electrons. The predicted octanol–water partition coefficient (Wildman–Crippen LogP) is 2.79. The number of hydrogen-bond acceptors (Lipinski definition) is 1. The van der Waals surface area contributed by atoms with Crippen LogP contribution in [0.4, 0.5) is 0 Å². The molecular formula is C14H21N. The normalized spacial score (nSPS) is 25.7. The van der Waals surface area contributed by atoms with Crippen LogP contribution in [0.2, 0.25) is 0 Å². The summed E-state index contributed by atoms with van der Waals surface area (Å²) in [6.45, 7) is 6.95. The molecule has 1 saturated heterocycles. The largest absolute Gasteiger partial charge is 0.316 e. The maximum atomic E-state index is 3.46. The van der Waals surface area contributed by atoms with E-state index in [4.69, 9.17) is 0 Å². The standard InChI is InChI=1S/C14H21N/c1-3-12-4-6-13(7-5-12)10-14(2)8-9-15-11-14/h4-7,15H,3,8-11H2,1-2H3. The minimum Gasteiger partial charge on any atom is -0.316 e. The monoisotopic (exact) mass is 203 g/mol. The summed E-state index contributed by atoms with van der Waals surface area (Å²) in [5.41, 5.74) is 3.40. The number of nitrogens with one attached hydrogen (secondary N) is 1. The summed E-state index contributed by atoms with van der Waals surface area (Å²) in [5, 5.41) is 3.46. The SMILES string of the molecule is CCc1ccc(CC2(C)CCNC2)cc1. The van der Waals surface area contributed by atoms with Crippen LogP contribution in [0, 0.1) is 5.41 Å². The minimum atomic E-state index is 0.480. The number of aryl methyl sites for hydroxylation is 1. The molecule has 0 aliphatic carbocycles. The smallest absolute Gasteiger partial charge is 0.000883 e. The summed E-state index contributed by atoms with van der Waals surface area (Å²) >= 11 is 0. The summed E-state index contributed by atoms with van der Waals surface area (Å²) in [5.74, 6) is 0. The van der Waals surface area contributed by atoms with Gasteiger partial charge in [0.25, 0.3) is 0 Å². The Balaban J connectivity index is 2.04. The van der Waals surface area contributed by atoms with Crippen molar-refractivity contribution in [2.75, 3.05) is 13.1 Å². The first-order valence-electron chi connectivity index (χ1n) is 6.00. The third kappa shape index (κ3) is 2.60. The Kier molecular flexibility index (Phi) is 3.11. The molecule has 0 amide bonds. The molecule has 1 aliphatic rings. The second-order valence-corrected chi connectivity index (χ2v) is 5.08. The molecule has 0 aromatic heterocycles. The lowest BCUT2D eigenvalue weighted by molar-refractivity contribution is 0.363. The lowest BCUT2D eigenvalue weighted by atomic mass is 9.83. The molecule has 0 saturated carbocycles. The van der Waals surface area contributed by atoms with Crippen LogP contribution in [0.1, 0.15) is 31.4 Å². The van der Waals surface area contributed by atoms with E-state index >= 15 is 0 Å². The van der Waals surface area contributed by atoms with E-state index in [1.165, 1.54) is 37.1 Å². The van der Waals surface area contributed by atoms with Gasteiger partial charge in [-0.05, 0) is 42.3 Å². The van der Waals surface area contributed by atoms with Crippen molar-refractivity contribution in [2.24, 2.45) is 5.41 Å². The number of hydrogen-bond donors (Lipinski definition) is 1. The van der Waals surface area contributed by atoms with Gasteiger partial charge in [-0.1, -0.05) is 38.1 Å². The van der Waals surface area contributed by atoms with Crippen LogP contribution in [0.5, 0.6) is 0 Å². The van der Waals surface area contributed by atoms with Gasteiger partial charge in [0.15, 0.2) is 0 Å². The van der Waals surface area contributed by atoms with E-state index < -0.39 is 0 Å². The first-order valence-corrected chi connectivity index (χ1v) is 6.00. The lowest BCUT2D eigenvalue weighted by Crippen LogP contribution is -2.22. The van der Waals surface area contributed by atoms with Crippen molar-refractivity contribution in [2.45, 2.75) is 33.1 Å². The van der Waals surface area contributed by atoms with Crippen LogP contribution in [-0.2, 0) is 12.8 Å². The Morgan fingerprint density at radius 3 is 2.40 bits per heavy atom. The number of benzene rings is 1. The third-order valence-electron chi connectivity index (χ3n) is 3.52. The highest BCUT2D eigenvalue weighted by molar-refractivity contribution is 5.23. The van der Waals surface area contributed by atoms with Gasteiger partial charge >= 0.3 is 0 Å². The van der Waals surface area contributed by atoms with Gasteiger partial charge < -0.3 is 5.32 Å². The van der Waals surface area contributed by atoms with Crippen molar-refractivity contribution in [1.29, 1.82) is 0 Å². The molecular weight excluding hydrogens is 182 g/mol. The molecule has 82 valence electrons. The zero-order chi connectivity index (χ0) is 10.7. The Bertz CT molecular complexity index is 307. The van der Waals surface area contributed by atoms with Gasteiger partial charge in [0.05, 0.1) is 0 Å². The van der Waals surface area contributed by atoms with E-state index in [2.05, 4.69) is 43.4 Å². The molecule has 2 rings (SSSR count). The van der Waals surface area contributed by atoms with Crippen LogP contribution in [0.25, 0.3) is 0 Å². The van der Waals surface area contributed by atoms with Crippen molar-refractivity contribution in [3.63, 3.8) is 0 Å². The quantitative estimate of drug-likeness (QED) is 0.796. The van der Waals surface area contributed by atoms with Gasteiger partial charge in [-0.3, -0.25) is 0 Å². The van der Waals surface area contributed by atoms with Crippen LogP contribution in [0.3, 0.4) is 0 Å². The maximum absolute atomic E-state index is 3.46. The molecule has 1 aromatic carbocycles. The lowest BCUT2D eigenvalue weighted by Gasteiger charge is -2.22. The molecule has 15 heavy (non-hydrogen) atoms. The maximum Gasteiger partial charge on any atom is 0.000883 e. The molecule has 0 spiro atoms. The van der Waals surface area contributed by atoms with Crippen molar-refractivity contribution >= 4 is 0 Å². The molecule has 0 bridgehead atoms. The van der Waals surface area contributed by atoms with Crippen molar-refractivity contribution in [1.82, 2.24) is 5.32 Å². The third-order valence-corrected chi connectivity index (χ3v) is 3.52. The fourth-order valence-electron chi connectivity index (χ4n) is 2.41. The summed E-state index contributed by atoms with van der Waals surface area (Å²) in [7, 11) is 0. The topological polar surface area (TPSA) is 12.0 Å². The van der Waals surface area contributed by atoms with Crippen LogP contribution >= 0.6 is 0 Å². The Morgan fingerprint density at radius 1 is 1.20 bits per heavy atom. The van der Waals surface area contributed by atoms with Crippen molar-refractivity contribution in [3.8, 4) is 0 Å². The highest BCUT2D eigenvalue weighted by Crippen LogP contribution is 2.29. The first-order chi connectivity index (χ1) is 7.22. The first kappa shape index (κ1) is 10.7. The summed E-state index contributed by atoms with van der Waals surface area (Å²) in [4.78, 5) is 0. The van der Waals surface area contributed by atoms with E-state index in [9.17, 15) is 0 Å². The van der Waals surface area contributed by atoms with Gasteiger partial charge in [0.1, 0.15) is 0 Å². The highest BCUT2D eigenvalue weighted by atomic mass is 14.9. The minimum absolute atomic E-state index is 0.480. The summed E-state index contributed by atoms with van der Waals surface area (Å²) in [6, 6.07) is 9.12. The molecule has 1 atom stereocenters. The van der Waals surface area contributed by atoms with Gasteiger partial charge in [-0.15, -0.1) is 0 Å².